The molecule has 6 nitrogen and oxygen atoms in total. The van der Waals surface area contributed by atoms with Gasteiger partial charge in [0.1, 0.15) is 0 Å². The van der Waals surface area contributed by atoms with Crippen LogP contribution in [0.3, 0.4) is 0 Å². The maximum absolute atomic E-state index is 12.3. The predicted octanol–water partition coefficient (Wildman–Crippen LogP) is 4.23. The second-order valence-corrected chi connectivity index (χ2v) is 7.41. The molecule has 31 heavy (non-hydrogen) atoms. The third-order valence-electron chi connectivity index (χ3n) is 5.11. The molecule has 2 aromatic rings. The number of carbonyl (C=O) groups excluding carboxylic acids is 2. The van der Waals surface area contributed by atoms with Crippen molar-refractivity contribution in [3.63, 3.8) is 0 Å². The smallest absolute Gasteiger partial charge is 0.331 e. The summed E-state index contributed by atoms with van der Waals surface area (Å²) in [4.78, 5) is 24.3. The van der Waals surface area contributed by atoms with Crippen LogP contribution in [0.1, 0.15) is 48.9 Å². The summed E-state index contributed by atoms with van der Waals surface area (Å²) in [7, 11) is 1.57. The number of ether oxygens (including phenoxy) is 3. The van der Waals surface area contributed by atoms with Crippen molar-refractivity contribution in [1.82, 2.24) is 5.32 Å². The molecule has 164 valence electrons. The molecule has 0 heterocycles. The second kappa shape index (κ2) is 11.2. The van der Waals surface area contributed by atoms with E-state index in [0.717, 1.165) is 36.8 Å². The minimum absolute atomic E-state index is 0.0346. The first-order valence-electron chi connectivity index (χ1n) is 10.6. The molecule has 6 heteroatoms. The molecule has 0 saturated carbocycles. The summed E-state index contributed by atoms with van der Waals surface area (Å²) < 4.78 is 16.1. The number of carbonyl (C=O) groups is 2. The standard InChI is InChI=1S/C25H29NO5/c1-3-15-30-22-13-11-18(16-23(22)29-2)12-14-25(28)31-17-24(27)26-21-10-6-8-19-7-4-5-9-20(19)21/h4-5,7,9,11-14,16,21H,3,6,8,10,15,17H2,1-2H3,(H,26,27)/b14-12+/t21-/m0/s1. The van der Waals surface area contributed by atoms with Crippen molar-refractivity contribution >= 4 is 18.0 Å². The molecule has 2 aromatic carbocycles. The number of benzene rings is 2. The first-order chi connectivity index (χ1) is 15.1. The Morgan fingerprint density at radius 2 is 2.00 bits per heavy atom. The highest BCUT2D eigenvalue weighted by atomic mass is 16.5. The van der Waals surface area contributed by atoms with Gasteiger partial charge in [0.2, 0.25) is 0 Å². The number of esters is 1. The third-order valence-corrected chi connectivity index (χ3v) is 5.11. The van der Waals surface area contributed by atoms with E-state index in [2.05, 4.69) is 11.4 Å². The van der Waals surface area contributed by atoms with Gasteiger partial charge in [-0.15, -0.1) is 0 Å². The fraction of sp³-hybridized carbons (Fsp3) is 0.360. The summed E-state index contributed by atoms with van der Waals surface area (Å²) in [6, 6.07) is 13.5. The lowest BCUT2D eigenvalue weighted by atomic mass is 9.88. The van der Waals surface area contributed by atoms with E-state index in [9.17, 15) is 9.59 Å². The highest BCUT2D eigenvalue weighted by Gasteiger charge is 2.21. The van der Waals surface area contributed by atoms with Crippen molar-refractivity contribution in [3.05, 3.63) is 65.2 Å². The van der Waals surface area contributed by atoms with Gasteiger partial charge < -0.3 is 19.5 Å². The van der Waals surface area contributed by atoms with Crippen molar-refractivity contribution in [3.8, 4) is 11.5 Å². The van der Waals surface area contributed by atoms with Gasteiger partial charge in [-0.1, -0.05) is 37.3 Å². The van der Waals surface area contributed by atoms with Gasteiger partial charge in [-0.05, 0) is 60.6 Å². The summed E-state index contributed by atoms with van der Waals surface area (Å²) >= 11 is 0. The van der Waals surface area contributed by atoms with E-state index < -0.39 is 5.97 Å². The Balaban J connectivity index is 1.50. The molecular formula is C25H29NO5. The molecule has 1 aliphatic rings. The molecule has 0 bridgehead atoms. The molecule has 0 aromatic heterocycles. The topological polar surface area (TPSA) is 73.9 Å². The van der Waals surface area contributed by atoms with Crippen molar-refractivity contribution in [1.29, 1.82) is 0 Å². The van der Waals surface area contributed by atoms with Crippen LogP contribution in [0.5, 0.6) is 11.5 Å². The lowest BCUT2D eigenvalue weighted by molar-refractivity contribution is -0.144. The average Bonchev–Trinajstić information content (AvgIpc) is 2.80. The number of hydrogen-bond donors (Lipinski definition) is 1. The number of methoxy groups -OCH3 is 1. The van der Waals surface area contributed by atoms with E-state index >= 15 is 0 Å². The molecule has 1 amide bonds. The number of amides is 1. The third kappa shape index (κ3) is 6.35. The van der Waals surface area contributed by atoms with Gasteiger partial charge in [0.15, 0.2) is 18.1 Å². The van der Waals surface area contributed by atoms with E-state index in [4.69, 9.17) is 14.2 Å². The van der Waals surface area contributed by atoms with Crippen LogP contribution in [0.4, 0.5) is 0 Å². The van der Waals surface area contributed by atoms with Gasteiger partial charge in [-0.3, -0.25) is 4.79 Å². The van der Waals surface area contributed by atoms with Crippen LogP contribution in [-0.2, 0) is 20.7 Å². The van der Waals surface area contributed by atoms with Crippen molar-refractivity contribution in [2.45, 2.75) is 38.6 Å². The fourth-order valence-corrected chi connectivity index (χ4v) is 3.61. The summed E-state index contributed by atoms with van der Waals surface area (Å²) in [5.74, 6) is 0.369. The first kappa shape index (κ1) is 22.4. The van der Waals surface area contributed by atoms with Crippen LogP contribution < -0.4 is 14.8 Å². The lowest BCUT2D eigenvalue weighted by Gasteiger charge is -2.26. The summed E-state index contributed by atoms with van der Waals surface area (Å²) in [5.41, 5.74) is 3.18. The average molecular weight is 424 g/mol. The molecule has 0 fully saturated rings. The second-order valence-electron chi connectivity index (χ2n) is 7.41. The highest BCUT2D eigenvalue weighted by Crippen LogP contribution is 2.30. The Morgan fingerprint density at radius 3 is 2.81 bits per heavy atom. The van der Waals surface area contributed by atoms with Gasteiger partial charge in [0, 0.05) is 6.08 Å². The Bertz CT molecular complexity index is 937. The molecule has 0 spiro atoms. The number of nitrogens with one attached hydrogen (secondary N) is 1. The zero-order valence-electron chi connectivity index (χ0n) is 18.1. The predicted molar refractivity (Wildman–Crippen MR) is 119 cm³/mol. The zero-order valence-corrected chi connectivity index (χ0v) is 18.1. The van der Waals surface area contributed by atoms with Gasteiger partial charge in [-0.2, -0.15) is 0 Å². The van der Waals surface area contributed by atoms with Gasteiger partial charge in [0.25, 0.3) is 5.91 Å². The van der Waals surface area contributed by atoms with Crippen LogP contribution in [-0.4, -0.2) is 32.2 Å². The Kier molecular flexibility index (Phi) is 8.10. The Morgan fingerprint density at radius 1 is 1.16 bits per heavy atom. The summed E-state index contributed by atoms with van der Waals surface area (Å²) in [6.07, 6.45) is 6.75. The monoisotopic (exact) mass is 423 g/mol. The van der Waals surface area contributed by atoms with Crippen LogP contribution >= 0.6 is 0 Å². The van der Waals surface area contributed by atoms with Gasteiger partial charge >= 0.3 is 5.97 Å². The first-order valence-corrected chi connectivity index (χ1v) is 10.6. The Hall–Kier alpha value is -3.28. The molecule has 1 aliphatic carbocycles. The SMILES string of the molecule is CCCOc1ccc(/C=C/C(=O)OCC(=O)N[C@H]2CCCc3ccccc32)cc1OC. The molecule has 0 radical (unpaired) electrons. The van der Waals surface area contributed by atoms with Crippen molar-refractivity contribution in [2.75, 3.05) is 20.3 Å². The minimum atomic E-state index is -0.579. The van der Waals surface area contributed by atoms with Gasteiger partial charge in [-0.25, -0.2) is 4.79 Å². The van der Waals surface area contributed by atoms with Gasteiger partial charge in [0.05, 0.1) is 19.8 Å². The molecule has 1 atom stereocenters. The minimum Gasteiger partial charge on any atom is -0.493 e. The summed E-state index contributed by atoms with van der Waals surface area (Å²) in [5, 5.41) is 2.97. The molecule has 0 unspecified atom stereocenters. The molecule has 1 N–H and O–H groups in total. The fourth-order valence-electron chi connectivity index (χ4n) is 3.61. The summed E-state index contributed by atoms with van der Waals surface area (Å²) in [6.45, 7) is 2.32. The van der Waals surface area contributed by atoms with E-state index in [1.165, 1.54) is 11.6 Å². The van der Waals surface area contributed by atoms with E-state index in [1.807, 2.05) is 31.2 Å². The largest absolute Gasteiger partial charge is 0.493 e. The quantitative estimate of drug-likeness (QED) is 0.483. The molecular weight excluding hydrogens is 394 g/mol. The number of hydrogen-bond acceptors (Lipinski definition) is 5. The van der Waals surface area contributed by atoms with Crippen LogP contribution in [0, 0.1) is 0 Å². The van der Waals surface area contributed by atoms with Crippen molar-refractivity contribution in [2.24, 2.45) is 0 Å². The van der Waals surface area contributed by atoms with E-state index in [0.29, 0.717) is 18.1 Å². The lowest BCUT2D eigenvalue weighted by Crippen LogP contribution is -2.34. The maximum Gasteiger partial charge on any atom is 0.331 e. The molecule has 0 saturated heterocycles. The van der Waals surface area contributed by atoms with Crippen LogP contribution in [0.15, 0.2) is 48.5 Å². The van der Waals surface area contributed by atoms with Crippen LogP contribution in [0.25, 0.3) is 6.08 Å². The number of rotatable bonds is 9. The highest BCUT2D eigenvalue weighted by molar-refractivity contribution is 5.89. The maximum atomic E-state index is 12.3. The zero-order chi connectivity index (χ0) is 22.1. The Labute approximate surface area is 183 Å². The van der Waals surface area contributed by atoms with E-state index in [1.54, 1.807) is 25.3 Å². The van der Waals surface area contributed by atoms with Crippen LogP contribution in [0.2, 0.25) is 0 Å². The molecule has 0 aliphatic heterocycles. The molecule has 3 rings (SSSR count). The van der Waals surface area contributed by atoms with E-state index in [-0.39, 0.29) is 18.6 Å². The normalized spacial score (nSPS) is 15.2. The van der Waals surface area contributed by atoms with Crippen molar-refractivity contribution < 1.29 is 23.8 Å². The number of aryl methyl sites for hydroxylation is 1. The number of fused-ring (bicyclic) bond motifs is 1.